The minimum Gasteiger partial charge on any atom is -0.487 e. The van der Waals surface area contributed by atoms with Crippen LogP contribution in [0.15, 0.2) is 66.7 Å². The lowest BCUT2D eigenvalue weighted by molar-refractivity contribution is 0.107. The molecule has 0 aliphatic heterocycles. The highest BCUT2D eigenvalue weighted by molar-refractivity contribution is 5.85. The Labute approximate surface area is 122 Å². The zero-order chi connectivity index (χ0) is 14.7. The van der Waals surface area contributed by atoms with Gasteiger partial charge >= 0.3 is 0 Å². The van der Waals surface area contributed by atoms with Gasteiger partial charge in [-0.2, -0.15) is 0 Å². The molecule has 1 unspecified atom stereocenters. The lowest BCUT2D eigenvalue weighted by atomic mass is 10.0. The number of aliphatic hydroxyl groups is 1. The van der Waals surface area contributed by atoms with Gasteiger partial charge in [-0.15, -0.1) is 0 Å². The minimum absolute atomic E-state index is 0.00887. The summed E-state index contributed by atoms with van der Waals surface area (Å²) >= 11 is 0. The molecule has 0 aromatic heterocycles. The second kappa shape index (κ2) is 5.94. The van der Waals surface area contributed by atoms with Crippen LogP contribution in [0.4, 0.5) is 4.39 Å². The molecule has 106 valence electrons. The van der Waals surface area contributed by atoms with Gasteiger partial charge in [0.1, 0.15) is 12.7 Å². The Bertz CT molecular complexity index is 750. The SMILES string of the molecule is OC(COc1ccccc1F)c1cccc2ccccc12. The Balaban J connectivity index is 1.81. The number of para-hydroxylation sites is 1. The predicted molar refractivity (Wildman–Crippen MR) is 80.8 cm³/mol. The average molecular weight is 282 g/mol. The van der Waals surface area contributed by atoms with Gasteiger partial charge in [-0.05, 0) is 28.5 Å². The summed E-state index contributed by atoms with van der Waals surface area (Å²) in [7, 11) is 0. The van der Waals surface area contributed by atoms with Crippen LogP contribution in [-0.2, 0) is 0 Å². The van der Waals surface area contributed by atoms with Crippen LogP contribution in [0.2, 0.25) is 0 Å². The molecular formula is C18H15FO2. The van der Waals surface area contributed by atoms with Crippen molar-refractivity contribution in [3.63, 3.8) is 0 Å². The van der Waals surface area contributed by atoms with Crippen molar-refractivity contribution in [1.29, 1.82) is 0 Å². The molecule has 3 heteroatoms. The van der Waals surface area contributed by atoms with Crippen LogP contribution in [0.5, 0.6) is 5.75 Å². The van der Waals surface area contributed by atoms with E-state index in [1.54, 1.807) is 18.2 Å². The van der Waals surface area contributed by atoms with E-state index in [-0.39, 0.29) is 12.4 Å². The van der Waals surface area contributed by atoms with Crippen molar-refractivity contribution in [2.75, 3.05) is 6.61 Å². The molecule has 0 radical (unpaired) electrons. The molecule has 3 rings (SSSR count). The van der Waals surface area contributed by atoms with E-state index in [1.165, 1.54) is 6.07 Å². The Morgan fingerprint density at radius 1 is 0.905 bits per heavy atom. The van der Waals surface area contributed by atoms with Gasteiger partial charge in [0.05, 0.1) is 0 Å². The number of ether oxygens (including phenoxy) is 1. The molecule has 0 heterocycles. The summed E-state index contributed by atoms with van der Waals surface area (Å²) in [6, 6.07) is 19.7. The van der Waals surface area contributed by atoms with Crippen LogP contribution in [0, 0.1) is 5.82 Å². The molecule has 2 nitrogen and oxygen atoms in total. The summed E-state index contributed by atoms with van der Waals surface area (Å²) in [5, 5.41) is 12.4. The van der Waals surface area contributed by atoms with Gasteiger partial charge in [0, 0.05) is 0 Å². The molecule has 0 amide bonds. The van der Waals surface area contributed by atoms with Crippen molar-refractivity contribution < 1.29 is 14.2 Å². The van der Waals surface area contributed by atoms with Gasteiger partial charge in [-0.3, -0.25) is 0 Å². The Hall–Kier alpha value is -2.39. The lowest BCUT2D eigenvalue weighted by Gasteiger charge is -2.15. The number of halogens is 1. The zero-order valence-corrected chi connectivity index (χ0v) is 11.4. The predicted octanol–water partition coefficient (Wildman–Crippen LogP) is 4.09. The highest BCUT2D eigenvalue weighted by Crippen LogP contribution is 2.25. The number of hydrogen-bond acceptors (Lipinski definition) is 2. The van der Waals surface area contributed by atoms with Gasteiger partial charge < -0.3 is 9.84 Å². The Morgan fingerprint density at radius 3 is 2.48 bits per heavy atom. The summed E-state index contributed by atoms with van der Waals surface area (Å²) in [6.45, 7) is 0.00887. The Kier molecular flexibility index (Phi) is 3.84. The summed E-state index contributed by atoms with van der Waals surface area (Å²) in [4.78, 5) is 0. The summed E-state index contributed by atoms with van der Waals surface area (Å²) in [5.41, 5.74) is 0.782. The maximum atomic E-state index is 13.5. The maximum absolute atomic E-state index is 13.5. The first kappa shape index (κ1) is 13.6. The molecular weight excluding hydrogens is 267 g/mol. The molecule has 0 spiro atoms. The second-order valence-electron chi connectivity index (χ2n) is 4.83. The zero-order valence-electron chi connectivity index (χ0n) is 11.4. The molecule has 3 aromatic rings. The fourth-order valence-corrected chi connectivity index (χ4v) is 2.36. The molecule has 3 aromatic carbocycles. The van der Waals surface area contributed by atoms with E-state index in [0.29, 0.717) is 0 Å². The van der Waals surface area contributed by atoms with Crippen LogP contribution < -0.4 is 4.74 Å². The number of hydrogen-bond donors (Lipinski definition) is 1. The average Bonchev–Trinajstić information content (AvgIpc) is 2.53. The third-order valence-corrected chi connectivity index (χ3v) is 3.42. The van der Waals surface area contributed by atoms with E-state index >= 15 is 0 Å². The number of aliphatic hydroxyl groups excluding tert-OH is 1. The third-order valence-electron chi connectivity index (χ3n) is 3.42. The molecule has 0 saturated carbocycles. The van der Waals surface area contributed by atoms with E-state index in [0.717, 1.165) is 16.3 Å². The van der Waals surface area contributed by atoms with Crippen molar-refractivity contribution in [2.24, 2.45) is 0 Å². The van der Waals surface area contributed by atoms with Crippen molar-refractivity contribution >= 4 is 10.8 Å². The van der Waals surface area contributed by atoms with Crippen LogP contribution in [-0.4, -0.2) is 11.7 Å². The molecule has 1 N–H and O–H groups in total. The van der Waals surface area contributed by atoms with Gasteiger partial charge in [0.25, 0.3) is 0 Å². The molecule has 21 heavy (non-hydrogen) atoms. The van der Waals surface area contributed by atoms with Crippen LogP contribution in [0.3, 0.4) is 0 Å². The molecule has 0 bridgehead atoms. The van der Waals surface area contributed by atoms with Crippen molar-refractivity contribution in [1.82, 2.24) is 0 Å². The lowest BCUT2D eigenvalue weighted by Crippen LogP contribution is -2.10. The normalized spacial score (nSPS) is 12.3. The van der Waals surface area contributed by atoms with Crippen molar-refractivity contribution in [3.05, 3.63) is 78.1 Å². The van der Waals surface area contributed by atoms with Crippen molar-refractivity contribution in [2.45, 2.75) is 6.10 Å². The van der Waals surface area contributed by atoms with Gasteiger partial charge in [-0.1, -0.05) is 54.6 Å². The summed E-state index contributed by atoms with van der Waals surface area (Å²) in [6.07, 6.45) is -0.810. The molecule has 0 saturated heterocycles. The molecule has 0 aliphatic carbocycles. The van der Waals surface area contributed by atoms with Gasteiger partial charge in [0.2, 0.25) is 0 Å². The van der Waals surface area contributed by atoms with E-state index in [9.17, 15) is 9.50 Å². The summed E-state index contributed by atoms with van der Waals surface area (Å²) in [5.74, 6) is -0.278. The first-order valence-electron chi connectivity index (χ1n) is 6.79. The summed E-state index contributed by atoms with van der Waals surface area (Å²) < 4.78 is 18.9. The second-order valence-corrected chi connectivity index (χ2v) is 4.83. The number of fused-ring (bicyclic) bond motifs is 1. The molecule has 0 aliphatic rings. The van der Waals surface area contributed by atoms with Crippen LogP contribution >= 0.6 is 0 Å². The monoisotopic (exact) mass is 282 g/mol. The van der Waals surface area contributed by atoms with Crippen LogP contribution in [0.1, 0.15) is 11.7 Å². The number of rotatable bonds is 4. The smallest absolute Gasteiger partial charge is 0.165 e. The van der Waals surface area contributed by atoms with Crippen LogP contribution in [0.25, 0.3) is 10.8 Å². The Morgan fingerprint density at radius 2 is 1.62 bits per heavy atom. The van der Waals surface area contributed by atoms with E-state index in [2.05, 4.69) is 0 Å². The fourth-order valence-electron chi connectivity index (χ4n) is 2.36. The highest BCUT2D eigenvalue weighted by atomic mass is 19.1. The largest absolute Gasteiger partial charge is 0.487 e. The van der Waals surface area contributed by atoms with Gasteiger partial charge in [-0.25, -0.2) is 4.39 Å². The van der Waals surface area contributed by atoms with E-state index in [4.69, 9.17) is 4.74 Å². The van der Waals surface area contributed by atoms with Gasteiger partial charge in [0.15, 0.2) is 11.6 Å². The third kappa shape index (κ3) is 2.88. The van der Waals surface area contributed by atoms with E-state index < -0.39 is 11.9 Å². The quantitative estimate of drug-likeness (QED) is 0.781. The van der Waals surface area contributed by atoms with Crippen molar-refractivity contribution in [3.8, 4) is 5.75 Å². The minimum atomic E-state index is -0.810. The molecule has 0 fully saturated rings. The topological polar surface area (TPSA) is 29.5 Å². The first-order valence-corrected chi connectivity index (χ1v) is 6.79. The standard InChI is InChI=1S/C18H15FO2/c19-16-10-3-4-11-18(16)21-12-17(20)15-9-5-7-13-6-1-2-8-14(13)15/h1-11,17,20H,12H2. The fraction of sp³-hybridized carbons (Fsp3) is 0.111. The highest BCUT2D eigenvalue weighted by Gasteiger charge is 2.12. The first-order chi connectivity index (χ1) is 10.3. The molecule has 1 atom stereocenters. The van der Waals surface area contributed by atoms with E-state index in [1.807, 2.05) is 42.5 Å². The maximum Gasteiger partial charge on any atom is 0.165 e. The number of benzene rings is 3.